The fraction of sp³-hybridized carbons (Fsp3) is 0.571. The Kier molecular flexibility index (Phi) is 4.65. The fourth-order valence-electron chi connectivity index (χ4n) is 7.73. The molecule has 0 saturated carbocycles. The summed E-state index contributed by atoms with van der Waals surface area (Å²) in [6.45, 7) is 0.252. The molecule has 0 aromatic heterocycles. The van der Waals surface area contributed by atoms with Gasteiger partial charge in [0.1, 0.15) is 35.9 Å². The van der Waals surface area contributed by atoms with Crippen LogP contribution in [0.15, 0.2) is 0 Å². The third kappa shape index (κ3) is 2.60. The van der Waals surface area contributed by atoms with Gasteiger partial charge in [0, 0.05) is 22.3 Å². The van der Waals surface area contributed by atoms with E-state index in [9.17, 15) is 20.4 Å². The van der Waals surface area contributed by atoms with Crippen molar-refractivity contribution in [1.82, 2.24) is 0 Å². The summed E-state index contributed by atoms with van der Waals surface area (Å²) in [4.78, 5) is 0. The lowest BCUT2D eigenvalue weighted by Crippen LogP contribution is -2.43. The molecule has 2 aromatic rings. The van der Waals surface area contributed by atoms with Crippen LogP contribution in [0.1, 0.15) is 69.6 Å². The molecule has 6 aliphatic rings. The van der Waals surface area contributed by atoms with Gasteiger partial charge in [-0.3, -0.25) is 0 Å². The van der Waals surface area contributed by atoms with Crippen LogP contribution in [0.25, 0.3) is 11.1 Å². The van der Waals surface area contributed by atoms with Crippen LogP contribution in [0.3, 0.4) is 0 Å². The Morgan fingerprint density at radius 1 is 0.583 bits per heavy atom. The molecule has 0 bridgehead atoms. The van der Waals surface area contributed by atoms with Crippen LogP contribution in [-0.4, -0.2) is 58.1 Å². The summed E-state index contributed by atoms with van der Waals surface area (Å²) in [6.07, 6.45) is 1.26. The van der Waals surface area contributed by atoms with Gasteiger partial charge in [0.05, 0.1) is 26.4 Å². The molecule has 0 fully saturated rings. The minimum absolute atomic E-state index is 0.313. The van der Waals surface area contributed by atoms with E-state index in [2.05, 4.69) is 0 Å². The number of rotatable bonds is 3. The number of aliphatic hydroxyl groups is 4. The minimum Gasteiger partial charge on any atom is -0.484 e. The van der Waals surface area contributed by atoms with E-state index in [1.165, 1.54) is 22.3 Å². The van der Waals surface area contributed by atoms with Gasteiger partial charge < -0.3 is 39.4 Å². The van der Waals surface area contributed by atoms with Crippen LogP contribution >= 0.6 is 0 Å². The van der Waals surface area contributed by atoms with E-state index in [0.717, 1.165) is 71.9 Å². The molecule has 4 heterocycles. The third-order valence-electron chi connectivity index (χ3n) is 9.28. The first-order valence-electron chi connectivity index (χ1n) is 13.2. The van der Waals surface area contributed by atoms with Crippen molar-refractivity contribution in [1.29, 1.82) is 0 Å². The Morgan fingerprint density at radius 3 is 1.42 bits per heavy atom. The molecule has 2 aliphatic carbocycles. The fourth-order valence-corrected chi connectivity index (χ4v) is 7.73. The molecule has 0 radical (unpaired) electrons. The highest BCUT2D eigenvalue weighted by molar-refractivity contribution is 5.89. The number of benzene rings is 2. The van der Waals surface area contributed by atoms with E-state index in [-0.39, 0.29) is 13.2 Å². The van der Waals surface area contributed by atoms with Crippen LogP contribution in [0.5, 0.6) is 11.5 Å². The van der Waals surface area contributed by atoms with Crippen LogP contribution in [0.4, 0.5) is 0 Å². The van der Waals surface area contributed by atoms with Crippen LogP contribution in [0, 0.1) is 0 Å². The first kappa shape index (κ1) is 21.8. The molecule has 2 aromatic carbocycles. The van der Waals surface area contributed by atoms with E-state index < -0.39 is 36.6 Å². The van der Waals surface area contributed by atoms with Crippen molar-refractivity contribution in [2.45, 2.75) is 88.4 Å². The van der Waals surface area contributed by atoms with Crippen molar-refractivity contribution >= 4 is 0 Å². The van der Waals surface area contributed by atoms with E-state index in [1.807, 2.05) is 0 Å². The maximum Gasteiger partial charge on any atom is 0.150 e. The maximum atomic E-state index is 10.9. The zero-order chi connectivity index (χ0) is 24.3. The summed E-state index contributed by atoms with van der Waals surface area (Å²) in [7, 11) is 0. The van der Waals surface area contributed by atoms with Crippen LogP contribution < -0.4 is 9.47 Å². The van der Waals surface area contributed by atoms with Gasteiger partial charge in [-0.2, -0.15) is 0 Å². The third-order valence-corrected chi connectivity index (χ3v) is 9.28. The quantitative estimate of drug-likeness (QED) is 0.510. The molecule has 8 heteroatoms. The van der Waals surface area contributed by atoms with E-state index in [1.54, 1.807) is 0 Å². The summed E-state index contributed by atoms with van der Waals surface area (Å²) in [5, 5.41) is 42.0. The molecule has 0 amide bonds. The standard InChI is InChI=1S/C28H30O8/c29-7-17-23(31)27-21-15(9-33-27)11-3-1-5-13(11)19(25(21)35-17)20-14-6-2-4-12(14)16-10-34-28-22(16)26(20)36-18(8-30)24(28)32/h17-18,23-24,27-32H,1-10H2/t17-,18-,23+,24+,27-,28-/m1/s1. The molecule has 8 nitrogen and oxygen atoms in total. The Hall–Kier alpha value is -2.20. The van der Waals surface area contributed by atoms with Crippen LogP contribution in [0.2, 0.25) is 0 Å². The predicted molar refractivity (Wildman–Crippen MR) is 126 cm³/mol. The minimum atomic E-state index is -0.942. The molecule has 0 unspecified atom stereocenters. The lowest BCUT2D eigenvalue weighted by Gasteiger charge is -2.38. The number of hydrogen-bond donors (Lipinski definition) is 4. The van der Waals surface area contributed by atoms with Gasteiger partial charge in [0.15, 0.2) is 12.2 Å². The average molecular weight is 495 g/mol. The highest BCUT2D eigenvalue weighted by atomic mass is 16.6. The van der Waals surface area contributed by atoms with Crippen molar-refractivity contribution in [2.75, 3.05) is 13.2 Å². The highest BCUT2D eigenvalue weighted by Gasteiger charge is 2.50. The Labute approximate surface area is 208 Å². The second kappa shape index (κ2) is 7.66. The first-order valence-corrected chi connectivity index (χ1v) is 13.2. The SMILES string of the molecule is OC[C@H]1Oc2c(-c3c4c(c5c6c3O[C@H](CO)[C@H](O)[C@@H]6OC5)CCC4)c3c(c4c2[C@@H](OC4)[C@H]1O)CCC3. The number of aliphatic hydroxyl groups excluding tert-OH is 4. The van der Waals surface area contributed by atoms with E-state index in [4.69, 9.17) is 18.9 Å². The molecule has 0 spiro atoms. The lowest BCUT2D eigenvalue weighted by molar-refractivity contribution is -0.104. The number of ether oxygens (including phenoxy) is 4. The second-order valence-corrected chi connectivity index (χ2v) is 10.9. The molecule has 4 aliphatic heterocycles. The summed E-state index contributed by atoms with van der Waals surface area (Å²) in [6, 6.07) is 0. The first-order chi connectivity index (χ1) is 17.6. The number of fused-ring (bicyclic) bond motifs is 4. The van der Waals surface area contributed by atoms with Gasteiger partial charge in [-0.25, -0.2) is 0 Å². The summed E-state index contributed by atoms with van der Waals surface area (Å²) in [5.41, 5.74) is 11.1. The molecule has 4 N–H and O–H groups in total. The predicted octanol–water partition coefficient (Wildman–Crippen LogP) is 1.70. The molecule has 36 heavy (non-hydrogen) atoms. The van der Waals surface area contributed by atoms with Gasteiger partial charge in [-0.15, -0.1) is 0 Å². The van der Waals surface area contributed by atoms with Crippen molar-refractivity contribution in [3.63, 3.8) is 0 Å². The molecule has 190 valence electrons. The van der Waals surface area contributed by atoms with Crippen molar-refractivity contribution in [3.05, 3.63) is 44.5 Å². The molecule has 6 atom stereocenters. The van der Waals surface area contributed by atoms with Gasteiger partial charge >= 0.3 is 0 Å². The summed E-state index contributed by atoms with van der Waals surface area (Å²) < 4.78 is 25.1. The van der Waals surface area contributed by atoms with Crippen LogP contribution in [-0.2, 0) is 48.4 Å². The van der Waals surface area contributed by atoms with E-state index in [0.29, 0.717) is 24.7 Å². The van der Waals surface area contributed by atoms with Crippen molar-refractivity contribution < 1.29 is 39.4 Å². The largest absolute Gasteiger partial charge is 0.484 e. The Balaban J connectivity index is 1.47. The Bertz CT molecular complexity index is 1200. The summed E-state index contributed by atoms with van der Waals surface area (Å²) in [5.74, 6) is 1.38. The van der Waals surface area contributed by atoms with Gasteiger partial charge in [-0.1, -0.05) is 0 Å². The maximum absolute atomic E-state index is 10.9. The molecule has 0 saturated heterocycles. The van der Waals surface area contributed by atoms with Crippen molar-refractivity contribution in [2.24, 2.45) is 0 Å². The average Bonchev–Trinajstić information content (AvgIpc) is 3.68. The van der Waals surface area contributed by atoms with E-state index >= 15 is 0 Å². The molecular formula is C28H30O8. The van der Waals surface area contributed by atoms with Crippen molar-refractivity contribution in [3.8, 4) is 22.6 Å². The van der Waals surface area contributed by atoms with Gasteiger partial charge in [0.2, 0.25) is 0 Å². The zero-order valence-electron chi connectivity index (χ0n) is 20.0. The summed E-state index contributed by atoms with van der Waals surface area (Å²) >= 11 is 0. The highest BCUT2D eigenvalue weighted by Crippen LogP contribution is 2.60. The molecular weight excluding hydrogens is 464 g/mol. The van der Waals surface area contributed by atoms with Gasteiger partial charge in [-0.05, 0) is 71.9 Å². The lowest BCUT2D eigenvalue weighted by atomic mass is 9.80. The monoisotopic (exact) mass is 494 g/mol. The molecule has 8 rings (SSSR count). The smallest absolute Gasteiger partial charge is 0.150 e. The topological polar surface area (TPSA) is 118 Å². The number of hydrogen-bond acceptors (Lipinski definition) is 8. The normalized spacial score (nSPS) is 32.6. The second-order valence-electron chi connectivity index (χ2n) is 10.9. The van der Waals surface area contributed by atoms with Gasteiger partial charge in [0.25, 0.3) is 0 Å². The zero-order valence-corrected chi connectivity index (χ0v) is 20.0. The Morgan fingerprint density at radius 2 is 1.00 bits per heavy atom.